The van der Waals surface area contributed by atoms with Crippen molar-refractivity contribution >= 4 is 22.9 Å². The third kappa shape index (κ3) is 3.71. The number of aryl methyl sites for hydroxylation is 2. The maximum Gasteiger partial charge on any atom is 0.308 e. The molecule has 3 rings (SSSR count). The summed E-state index contributed by atoms with van der Waals surface area (Å²) in [5.74, 6) is -1.06. The van der Waals surface area contributed by atoms with Crippen LogP contribution in [0.25, 0.3) is 11.0 Å². The summed E-state index contributed by atoms with van der Waals surface area (Å²) in [5, 5.41) is 17.3. The van der Waals surface area contributed by atoms with Gasteiger partial charge in [-0.2, -0.15) is 5.10 Å². The van der Waals surface area contributed by atoms with Gasteiger partial charge >= 0.3 is 5.97 Å². The first-order valence-corrected chi connectivity index (χ1v) is 9.13. The van der Waals surface area contributed by atoms with Crippen LogP contribution < -0.4 is 5.32 Å². The fourth-order valence-electron chi connectivity index (χ4n) is 3.38. The number of rotatable bonds is 7. The Bertz CT molecular complexity index is 852. The first-order valence-electron chi connectivity index (χ1n) is 9.13. The normalized spacial score (nSPS) is 15.4. The van der Waals surface area contributed by atoms with Crippen molar-refractivity contribution in [1.29, 1.82) is 0 Å². The van der Waals surface area contributed by atoms with Gasteiger partial charge in [-0.05, 0) is 38.2 Å². The second kappa shape index (κ2) is 7.05. The second-order valence-electron chi connectivity index (χ2n) is 7.65. The largest absolute Gasteiger partial charge is 0.481 e. The summed E-state index contributed by atoms with van der Waals surface area (Å²) < 4.78 is 1.70. The lowest BCUT2D eigenvalue weighted by molar-refractivity contribution is -0.142. The highest BCUT2D eigenvalue weighted by molar-refractivity contribution is 6.06. The third-order valence-electron chi connectivity index (χ3n) is 4.84. The van der Waals surface area contributed by atoms with Crippen molar-refractivity contribution < 1.29 is 14.7 Å². The van der Waals surface area contributed by atoms with E-state index >= 15 is 0 Å². The number of nitrogens with zero attached hydrogens (tertiary/aromatic N) is 3. The van der Waals surface area contributed by atoms with Crippen LogP contribution in [0, 0.1) is 18.8 Å². The Balaban J connectivity index is 1.88. The molecule has 7 nitrogen and oxygen atoms in total. The highest BCUT2D eigenvalue weighted by atomic mass is 16.4. The Hall–Kier alpha value is -2.44. The van der Waals surface area contributed by atoms with Gasteiger partial charge in [-0.15, -0.1) is 0 Å². The van der Waals surface area contributed by atoms with Crippen molar-refractivity contribution in [2.24, 2.45) is 18.9 Å². The van der Waals surface area contributed by atoms with Gasteiger partial charge in [-0.3, -0.25) is 14.3 Å². The number of fused-ring (bicyclic) bond motifs is 1. The van der Waals surface area contributed by atoms with E-state index in [1.54, 1.807) is 4.68 Å². The number of carbonyl (C=O) groups is 2. The Labute approximate surface area is 152 Å². The van der Waals surface area contributed by atoms with Gasteiger partial charge in [-0.1, -0.05) is 13.8 Å². The van der Waals surface area contributed by atoms with Crippen LogP contribution in [0.4, 0.5) is 0 Å². The van der Waals surface area contributed by atoms with Crippen molar-refractivity contribution in [2.45, 2.75) is 46.0 Å². The number of aliphatic carboxylic acids is 1. The third-order valence-corrected chi connectivity index (χ3v) is 4.84. The summed E-state index contributed by atoms with van der Waals surface area (Å²) in [6.45, 7) is 5.93. The number of carboxylic acid groups (broad SMARTS) is 1. The summed E-state index contributed by atoms with van der Waals surface area (Å²) in [5.41, 5.74) is 2.91. The molecule has 1 saturated carbocycles. The molecule has 1 unspecified atom stereocenters. The molecule has 2 heterocycles. The van der Waals surface area contributed by atoms with Gasteiger partial charge in [0, 0.05) is 25.2 Å². The van der Waals surface area contributed by atoms with Crippen LogP contribution >= 0.6 is 0 Å². The quantitative estimate of drug-likeness (QED) is 0.793. The molecule has 2 N–H and O–H groups in total. The van der Waals surface area contributed by atoms with Gasteiger partial charge in [-0.25, -0.2) is 4.98 Å². The summed E-state index contributed by atoms with van der Waals surface area (Å²) in [6.07, 6.45) is 2.71. The molecule has 140 valence electrons. The van der Waals surface area contributed by atoms with E-state index in [1.165, 1.54) is 0 Å². The Kier molecular flexibility index (Phi) is 4.98. The molecule has 2 aromatic heterocycles. The molecular weight excluding hydrogens is 332 g/mol. The van der Waals surface area contributed by atoms with Crippen LogP contribution in [-0.4, -0.2) is 38.3 Å². The van der Waals surface area contributed by atoms with E-state index in [0.717, 1.165) is 29.6 Å². The fourth-order valence-corrected chi connectivity index (χ4v) is 3.38. The molecule has 1 aliphatic rings. The van der Waals surface area contributed by atoms with Gasteiger partial charge < -0.3 is 10.4 Å². The lowest BCUT2D eigenvalue weighted by Gasteiger charge is -2.16. The standard InChI is InChI=1S/C19H26N4O3/c1-10(2)7-13(19(25)26)9-20-18(24)14-8-15(12-5-6-12)21-17-16(14)11(3)22-23(17)4/h8,10,12-13H,5-7,9H2,1-4H3,(H,20,24)(H,25,26). The summed E-state index contributed by atoms with van der Waals surface area (Å²) in [4.78, 5) is 29.0. The maximum atomic E-state index is 12.9. The fraction of sp³-hybridized carbons (Fsp3) is 0.579. The van der Waals surface area contributed by atoms with Gasteiger partial charge in [0.25, 0.3) is 5.91 Å². The average Bonchev–Trinajstić information content (AvgIpc) is 3.37. The van der Waals surface area contributed by atoms with E-state index in [-0.39, 0.29) is 18.4 Å². The van der Waals surface area contributed by atoms with Gasteiger partial charge in [0.15, 0.2) is 5.65 Å². The Morgan fingerprint density at radius 2 is 2.08 bits per heavy atom. The molecule has 0 radical (unpaired) electrons. The molecule has 26 heavy (non-hydrogen) atoms. The summed E-state index contributed by atoms with van der Waals surface area (Å²) in [7, 11) is 1.82. The van der Waals surface area contributed by atoms with Crippen LogP contribution in [-0.2, 0) is 11.8 Å². The number of pyridine rings is 1. The monoisotopic (exact) mass is 358 g/mol. The first kappa shape index (κ1) is 18.4. The smallest absolute Gasteiger partial charge is 0.308 e. The molecule has 0 spiro atoms. The molecular formula is C19H26N4O3. The minimum absolute atomic E-state index is 0.119. The van der Waals surface area contributed by atoms with Crippen LogP contribution in [0.1, 0.15) is 60.8 Å². The average molecular weight is 358 g/mol. The molecule has 2 aromatic rings. The van der Waals surface area contributed by atoms with Crippen molar-refractivity contribution in [2.75, 3.05) is 6.54 Å². The molecule has 1 aliphatic carbocycles. The van der Waals surface area contributed by atoms with E-state index in [2.05, 4.69) is 15.4 Å². The van der Waals surface area contributed by atoms with Crippen molar-refractivity contribution in [3.63, 3.8) is 0 Å². The topological polar surface area (TPSA) is 97.1 Å². The predicted molar refractivity (Wildman–Crippen MR) is 98.1 cm³/mol. The minimum Gasteiger partial charge on any atom is -0.481 e. The molecule has 1 fully saturated rings. The van der Waals surface area contributed by atoms with Crippen LogP contribution in [0.3, 0.4) is 0 Å². The van der Waals surface area contributed by atoms with E-state index in [1.807, 2.05) is 33.9 Å². The summed E-state index contributed by atoms with van der Waals surface area (Å²) in [6, 6.07) is 1.85. The molecule has 0 aromatic carbocycles. The molecule has 0 aliphatic heterocycles. The van der Waals surface area contributed by atoms with Crippen LogP contribution in [0.2, 0.25) is 0 Å². The lowest BCUT2D eigenvalue weighted by Crippen LogP contribution is -2.34. The SMILES string of the molecule is Cc1nn(C)c2nc(C3CC3)cc(C(=O)NCC(CC(C)C)C(=O)O)c12. The number of hydrogen-bond acceptors (Lipinski definition) is 4. The maximum absolute atomic E-state index is 12.9. The van der Waals surface area contributed by atoms with Crippen LogP contribution in [0.5, 0.6) is 0 Å². The molecule has 7 heteroatoms. The number of carbonyl (C=O) groups excluding carboxylic acids is 1. The number of nitrogens with one attached hydrogen (secondary N) is 1. The zero-order valence-corrected chi connectivity index (χ0v) is 15.7. The van der Waals surface area contributed by atoms with Crippen molar-refractivity contribution in [1.82, 2.24) is 20.1 Å². The Morgan fingerprint density at radius 1 is 1.38 bits per heavy atom. The predicted octanol–water partition coefficient (Wildman–Crippen LogP) is 2.63. The lowest BCUT2D eigenvalue weighted by atomic mass is 9.97. The number of carboxylic acids is 1. The van der Waals surface area contributed by atoms with E-state index in [4.69, 9.17) is 0 Å². The molecule has 1 amide bonds. The molecule has 1 atom stereocenters. The van der Waals surface area contributed by atoms with Gasteiger partial charge in [0.05, 0.1) is 22.6 Å². The van der Waals surface area contributed by atoms with Crippen molar-refractivity contribution in [3.8, 4) is 0 Å². The van der Waals surface area contributed by atoms with Crippen molar-refractivity contribution in [3.05, 3.63) is 23.0 Å². The second-order valence-corrected chi connectivity index (χ2v) is 7.65. The van der Waals surface area contributed by atoms with E-state index in [9.17, 15) is 14.7 Å². The van der Waals surface area contributed by atoms with Gasteiger partial charge in [0.2, 0.25) is 0 Å². The highest BCUT2D eigenvalue weighted by Crippen LogP contribution is 2.40. The van der Waals surface area contributed by atoms with Gasteiger partial charge in [0.1, 0.15) is 0 Å². The number of hydrogen-bond donors (Lipinski definition) is 2. The number of amides is 1. The summed E-state index contributed by atoms with van der Waals surface area (Å²) >= 11 is 0. The zero-order valence-electron chi connectivity index (χ0n) is 15.7. The zero-order chi connectivity index (χ0) is 19.0. The van der Waals surface area contributed by atoms with Crippen LogP contribution in [0.15, 0.2) is 6.07 Å². The van der Waals surface area contributed by atoms with E-state index in [0.29, 0.717) is 23.5 Å². The first-order chi connectivity index (χ1) is 12.3. The Morgan fingerprint density at radius 3 is 2.65 bits per heavy atom. The number of aromatic nitrogens is 3. The molecule has 0 bridgehead atoms. The van der Waals surface area contributed by atoms with E-state index < -0.39 is 11.9 Å². The molecule has 0 saturated heterocycles. The minimum atomic E-state index is -0.880. The highest BCUT2D eigenvalue weighted by Gasteiger charge is 2.29.